The quantitative estimate of drug-likeness (QED) is 0.871. The summed E-state index contributed by atoms with van der Waals surface area (Å²) in [6.45, 7) is 4.17. The van der Waals surface area contributed by atoms with Crippen LogP contribution >= 0.6 is 0 Å². The SMILES string of the molecule is Cc1cccnc1CN(C)C(=O)c1c(C)ccn(C2CC2)c1=O. The Balaban J connectivity index is 1.89. The van der Waals surface area contributed by atoms with E-state index in [9.17, 15) is 9.59 Å². The number of hydrogen-bond acceptors (Lipinski definition) is 3. The normalized spacial score (nSPS) is 13.9. The first-order chi connectivity index (χ1) is 11.0. The molecule has 5 nitrogen and oxygen atoms in total. The second kappa shape index (κ2) is 5.99. The Labute approximate surface area is 135 Å². The lowest BCUT2D eigenvalue weighted by Gasteiger charge is -2.19. The van der Waals surface area contributed by atoms with Gasteiger partial charge in [-0.3, -0.25) is 14.6 Å². The zero-order chi connectivity index (χ0) is 16.6. The minimum atomic E-state index is -0.243. The van der Waals surface area contributed by atoms with Crippen LogP contribution in [-0.2, 0) is 6.54 Å². The zero-order valence-electron chi connectivity index (χ0n) is 13.7. The summed E-state index contributed by atoms with van der Waals surface area (Å²) < 4.78 is 1.69. The molecule has 23 heavy (non-hydrogen) atoms. The minimum absolute atomic E-state index is 0.179. The summed E-state index contributed by atoms with van der Waals surface area (Å²) in [7, 11) is 1.71. The van der Waals surface area contributed by atoms with E-state index in [1.54, 1.807) is 28.9 Å². The van der Waals surface area contributed by atoms with Crippen LogP contribution in [0.5, 0.6) is 0 Å². The van der Waals surface area contributed by atoms with Crippen molar-refractivity contribution in [2.45, 2.75) is 39.3 Å². The van der Waals surface area contributed by atoms with E-state index in [4.69, 9.17) is 0 Å². The molecule has 0 aliphatic heterocycles. The fourth-order valence-corrected chi connectivity index (χ4v) is 2.71. The van der Waals surface area contributed by atoms with Gasteiger partial charge in [0.2, 0.25) is 0 Å². The van der Waals surface area contributed by atoms with Gasteiger partial charge in [0.1, 0.15) is 5.56 Å². The zero-order valence-corrected chi connectivity index (χ0v) is 13.7. The highest BCUT2D eigenvalue weighted by molar-refractivity contribution is 5.95. The molecule has 2 aromatic rings. The number of aromatic nitrogens is 2. The summed E-state index contributed by atoms with van der Waals surface area (Å²) in [5.41, 5.74) is 2.70. The molecule has 0 unspecified atom stereocenters. The molecule has 0 N–H and O–H groups in total. The summed E-state index contributed by atoms with van der Waals surface area (Å²) >= 11 is 0. The van der Waals surface area contributed by atoms with Crippen molar-refractivity contribution in [3.63, 3.8) is 0 Å². The summed E-state index contributed by atoms with van der Waals surface area (Å²) in [6, 6.07) is 5.95. The standard InChI is InChI=1S/C18H21N3O2/c1-12-5-4-9-19-15(12)11-20(3)17(22)16-13(2)8-10-21(18(16)23)14-6-7-14/h4-5,8-10,14H,6-7,11H2,1-3H3. The van der Waals surface area contributed by atoms with Crippen molar-refractivity contribution in [2.75, 3.05) is 7.05 Å². The number of hydrogen-bond donors (Lipinski definition) is 0. The van der Waals surface area contributed by atoms with Gasteiger partial charge in [0.15, 0.2) is 0 Å². The lowest BCUT2D eigenvalue weighted by atomic mass is 10.1. The first kappa shape index (κ1) is 15.5. The van der Waals surface area contributed by atoms with Crippen LogP contribution < -0.4 is 5.56 Å². The number of nitrogens with zero attached hydrogens (tertiary/aromatic N) is 3. The van der Waals surface area contributed by atoms with Gasteiger partial charge in [-0.05, 0) is 49.9 Å². The van der Waals surface area contributed by atoms with Gasteiger partial charge in [-0.2, -0.15) is 0 Å². The number of amides is 1. The van der Waals surface area contributed by atoms with Crippen molar-refractivity contribution in [1.82, 2.24) is 14.5 Å². The first-order valence-electron chi connectivity index (χ1n) is 7.86. The number of carbonyl (C=O) groups excluding carboxylic acids is 1. The molecule has 0 radical (unpaired) electrons. The number of rotatable bonds is 4. The molecule has 0 bridgehead atoms. The monoisotopic (exact) mass is 311 g/mol. The highest BCUT2D eigenvalue weighted by Crippen LogP contribution is 2.33. The molecule has 1 amide bonds. The van der Waals surface area contributed by atoms with Gasteiger partial charge in [0.25, 0.3) is 11.5 Å². The lowest BCUT2D eigenvalue weighted by Crippen LogP contribution is -2.35. The van der Waals surface area contributed by atoms with Gasteiger partial charge >= 0.3 is 0 Å². The molecule has 120 valence electrons. The Morgan fingerprint density at radius 1 is 1.30 bits per heavy atom. The molecule has 3 rings (SSSR count). The maximum absolute atomic E-state index is 12.8. The van der Waals surface area contributed by atoms with Crippen molar-refractivity contribution in [3.05, 3.63) is 63.3 Å². The van der Waals surface area contributed by atoms with E-state index >= 15 is 0 Å². The van der Waals surface area contributed by atoms with Crippen LogP contribution in [0.2, 0.25) is 0 Å². The van der Waals surface area contributed by atoms with Gasteiger partial charge in [-0.1, -0.05) is 6.07 Å². The van der Waals surface area contributed by atoms with Crippen molar-refractivity contribution in [1.29, 1.82) is 0 Å². The first-order valence-corrected chi connectivity index (χ1v) is 7.86. The molecule has 0 atom stereocenters. The lowest BCUT2D eigenvalue weighted by molar-refractivity contribution is 0.0780. The number of carbonyl (C=O) groups is 1. The second-order valence-corrected chi connectivity index (χ2v) is 6.25. The van der Waals surface area contributed by atoms with Gasteiger partial charge < -0.3 is 9.47 Å². The van der Waals surface area contributed by atoms with E-state index in [1.165, 1.54) is 0 Å². The Morgan fingerprint density at radius 3 is 2.70 bits per heavy atom. The van der Waals surface area contributed by atoms with Crippen LogP contribution in [0.1, 0.15) is 46.1 Å². The van der Waals surface area contributed by atoms with Crippen molar-refractivity contribution in [2.24, 2.45) is 0 Å². The maximum atomic E-state index is 12.8. The Kier molecular flexibility index (Phi) is 4.03. The summed E-state index contributed by atoms with van der Waals surface area (Å²) in [5.74, 6) is -0.243. The molecule has 2 aromatic heterocycles. The average Bonchev–Trinajstić information content (AvgIpc) is 3.34. The van der Waals surface area contributed by atoms with E-state index in [-0.39, 0.29) is 23.1 Å². The fourth-order valence-electron chi connectivity index (χ4n) is 2.71. The van der Waals surface area contributed by atoms with E-state index in [2.05, 4.69) is 4.98 Å². The van der Waals surface area contributed by atoms with Gasteiger partial charge in [-0.15, -0.1) is 0 Å². The summed E-state index contributed by atoms with van der Waals surface area (Å²) in [5, 5.41) is 0. The smallest absolute Gasteiger partial charge is 0.263 e. The van der Waals surface area contributed by atoms with Gasteiger partial charge in [-0.25, -0.2) is 0 Å². The second-order valence-electron chi connectivity index (χ2n) is 6.25. The Hall–Kier alpha value is -2.43. The van der Waals surface area contributed by atoms with Crippen molar-refractivity contribution >= 4 is 5.91 Å². The molecular weight excluding hydrogens is 290 g/mol. The molecule has 0 spiro atoms. The molecule has 1 saturated carbocycles. The Morgan fingerprint density at radius 2 is 2.04 bits per heavy atom. The van der Waals surface area contributed by atoms with Crippen LogP contribution in [0.4, 0.5) is 0 Å². The molecule has 1 aliphatic carbocycles. The number of pyridine rings is 2. The highest BCUT2D eigenvalue weighted by Gasteiger charge is 2.28. The average molecular weight is 311 g/mol. The van der Waals surface area contributed by atoms with E-state index in [0.29, 0.717) is 6.54 Å². The predicted molar refractivity (Wildman–Crippen MR) is 88.5 cm³/mol. The summed E-state index contributed by atoms with van der Waals surface area (Å²) in [6.07, 6.45) is 5.54. The van der Waals surface area contributed by atoms with E-state index in [1.807, 2.05) is 32.0 Å². The molecular formula is C18H21N3O2. The van der Waals surface area contributed by atoms with Gasteiger partial charge in [0.05, 0.1) is 12.2 Å². The minimum Gasteiger partial charge on any atom is -0.336 e. The molecule has 5 heteroatoms. The number of aryl methyl sites for hydroxylation is 2. The van der Waals surface area contributed by atoms with Crippen LogP contribution in [0.25, 0.3) is 0 Å². The summed E-state index contributed by atoms with van der Waals surface area (Å²) in [4.78, 5) is 31.3. The third kappa shape index (κ3) is 3.04. The third-order valence-corrected chi connectivity index (χ3v) is 4.33. The van der Waals surface area contributed by atoms with Crippen LogP contribution in [0.3, 0.4) is 0 Å². The van der Waals surface area contributed by atoms with Crippen LogP contribution in [-0.4, -0.2) is 27.4 Å². The third-order valence-electron chi connectivity index (χ3n) is 4.33. The molecule has 2 heterocycles. The van der Waals surface area contributed by atoms with Crippen molar-refractivity contribution < 1.29 is 4.79 Å². The largest absolute Gasteiger partial charge is 0.336 e. The molecule has 1 aliphatic rings. The Bertz CT molecular complexity index is 806. The molecule has 0 saturated heterocycles. The van der Waals surface area contributed by atoms with Crippen LogP contribution in [0.15, 0.2) is 35.4 Å². The fraction of sp³-hybridized carbons (Fsp3) is 0.389. The van der Waals surface area contributed by atoms with E-state index < -0.39 is 0 Å². The van der Waals surface area contributed by atoms with Gasteiger partial charge in [0, 0.05) is 25.5 Å². The van der Waals surface area contributed by atoms with E-state index in [0.717, 1.165) is 29.7 Å². The topological polar surface area (TPSA) is 55.2 Å². The molecule has 0 aromatic carbocycles. The van der Waals surface area contributed by atoms with Crippen LogP contribution in [0, 0.1) is 13.8 Å². The predicted octanol–water partition coefficient (Wildman–Crippen LogP) is 2.47. The highest BCUT2D eigenvalue weighted by atomic mass is 16.2. The maximum Gasteiger partial charge on any atom is 0.263 e. The molecule has 1 fully saturated rings. The van der Waals surface area contributed by atoms with Crippen molar-refractivity contribution in [3.8, 4) is 0 Å².